The van der Waals surface area contributed by atoms with Gasteiger partial charge in [-0.15, -0.1) is 0 Å². The van der Waals surface area contributed by atoms with Gasteiger partial charge in [0, 0.05) is 35.7 Å². The number of likely N-dealkylation sites (tertiary alicyclic amines) is 1. The quantitative estimate of drug-likeness (QED) is 0.530. The number of nitrogen functional groups attached to an aromatic ring is 1. The summed E-state index contributed by atoms with van der Waals surface area (Å²) in [6.45, 7) is 5.69. The molecule has 0 aliphatic carbocycles. The first-order valence-electron chi connectivity index (χ1n) is 11.8. The molecule has 8 heteroatoms. The normalized spacial score (nSPS) is 13.7. The molecule has 0 saturated carbocycles. The number of aryl methyl sites for hydroxylation is 1. The number of nitrogens with one attached hydrogen (secondary N) is 1. The van der Waals surface area contributed by atoms with Crippen molar-refractivity contribution in [3.8, 4) is 23.3 Å². The lowest BCUT2D eigenvalue weighted by Gasteiger charge is -2.26. The van der Waals surface area contributed by atoms with Crippen LogP contribution in [0.2, 0.25) is 0 Å². The first-order valence-corrected chi connectivity index (χ1v) is 11.8. The van der Waals surface area contributed by atoms with Crippen molar-refractivity contribution in [1.29, 1.82) is 0 Å². The summed E-state index contributed by atoms with van der Waals surface area (Å²) in [5.74, 6) is 7.39. The van der Waals surface area contributed by atoms with Crippen molar-refractivity contribution in [2.24, 2.45) is 0 Å². The summed E-state index contributed by atoms with van der Waals surface area (Å²) in [6, 6.07) is 9.08. The maximum Gasteiger partial charge on any atom is 0.251 e. The van der Waals surface area contributed by atoms with E-state index in [9.17, 15) is 4.79 Å². The van der Waals surface area contributed by atoms with Crippen LogP contribution in [0.5, 0.6) is 11.5 Å². The van der Waals surface area contributed by atoms with E-state index in [0.717, 1.165) is 30.8 Å². The number of methoxy groups -OCH3 is 2. The van der Waals surface area contributed by atoms with Gasteiger partial charge in [0.1, 0.15) is 5.69 Å². The van der Waals surface area contributed by atoms with Crippen LogP contribution in [0.4, 0.5) is 5.95 Å². The number of carbonyl (C=O) groups excluding carboxylic acids is 1. The molecule has 0 radical (unpaired) electrons. The molecule has 0 unspecified atom stereocenters. The van der Waals surface area contributed by atoms with E-state index < -0.39 is 0 Å². The van der Waals surface area contributed by atoms with Crippen LogP contribution in [-0.4, -0.2) is 61.2 Å². The van der Waals surface area contributed by atoms with Gasteiger partial charge in [0.2, 0.25) is 5.95 Å². The molecule has 182 valence electrons. The highest BCUT2D eigenvalue weighted by molar-refractivity contribution is 5.94. The van der Waals surface area contributed by atoms with E-state index in [-0.39, 0.29) is 11.9 Å². The fraction of sp³-hybridized carbons (Fsp3) is 0.370. The third-order valence-electron chi connectivity index (χ3n) is 6.20. The monoisotopic (exact) mass is 473 g/mol. The molecule has 8 nitrogen and oxygen atoms in total. The Kier molecular flexibility index (Phi) is 7.68. The van der Waals surface area contributed by atoms with Gasteiger partial charge in [-0.2, -0.15) is 0 Å². The molecule has 1 amide bonds. The lowest BCUT2D eigenvalue weighted by Crippen LogP contribution is -2.37. The zero-order valence-electron chi connectivity index (χ0n) is 20.5. The molecule has 2 aromatic carbocycles. The summed E-state index contributed by atoms with van der Waals surface area (Å²) in [5, 5.41) is 3.73. The Bertz CT molecular complexity index is 1290. The second kappa shape index (κ2) is 11.1. The number of fused-ring (bicyclic) bond motifs is 1. The van der Waals surface area contributed by atoms with Crippen molar-refractivity contribution in [3.05, 3.63) is 52.7 Å². The van der Waals surface area contributed by atoms with Gasteiger partial charge in [-0.25, -0.2) is 9.97 Å². The minimum Gasteiger partial charge on any atom is -0.493 e. The zero-order valence-corrected chi connectivity index (χ0v) is 20.5. The SMILES string of the molecule is COc1cc2nc(N)nc(C#Cc3cc(C(=O)NCCN4CCCCC4)ccc3C)c2cc1OC. The van der Waals surface area contributed by atoms with Gasteiger partial charge in [0.25, 0.3) is 5.91 Å². The number of anilines is 1. The molecule has 2 heterocycles. The Hall–Kier alpha value is -3.83. The Labute approximate surface area is 205 Å². The number of hydrogen-bond acceptors (Lipinski definition) is 7. The summed E-state index contributed by atoms with van der Waals surface area (Å²) in [4.78, 5) is 23.8. The maximum atomic E-state index is 12.7. The van der Waals surface area contributed by atoms with E-state index >= 15 is 0 Å². The minimum atomic E-state index is -0.0985. The van der Waals surface area contributed by atoms with Crippen LogP contribution < -0.4 is 20.5 Å². The lowest BCUT2D eigenvalue weighted by molar-refractivity contribution is 0.0946. The van der Waals surface area contributed by atoms with Crippen LogP contribution in [0.25, 0.3) is 10.9 Å². The van der Waals surface area contributed by atoms with Crippen LogP contribution in [0, 0.1) is 18.8 Å². The van der Waals surface area contributed by atoms with Crippen molar-refractivity contribution in [3.63, 3.8) is 0 Å². The van der Waals surface area contributed by atoms with Gasteiger partial charge in [0.15, 0.2) is 11.5 Å². The number of nitrogens with two attached hydrogens (primary N) is 1. The van der Waals surface area contributed by atoms with Crippen LogP contribution in [0.15, 0.2) is 30.3 Å². The summed E-state index contributed by atoms with van der Waals surface area (Å²) < 4.78 is 10.8. The van der Waals surface area contributed by atoms with Crippen molar-refractivity contribution < 1.29 is 14.3 Å². The average molecular weight is 474 g/mol. The number of benzene rings is 2. The fourth-order valence-corrected chi connectivity index (χ4v) is 4.21. The van der Waals surface area contributed by atoms with Crippen molar-refractivity contribution >= 4 is 22.8 Å². The molecule has 0 spiro atoms. The second-order valence-corrected chi connectivity index (χ2v) is 8.59. The first kappa shape index (κ1) is 24.3. The molecule has 1 saturated heterocycles. The van der Waals surface area contributed by atoms with E-state index in [1.807, 2.05) is 25.1 Å². The van der Waals surface area contributed by atoms with Crippen LogP contribution in [0.1, 0.15) is 46.4 Å². The van der Waals surface area contributed by atoms with Gasteiger partial charge in [-0.1, -0.05) is 18.4 Å². The number of aromatic nitrogens is 2. The van der Waals surface area contributed by atoms with Crippen molar-refractivity contribution in [2.75, 3.05) is 46.1 Å². The molecule has 4 rings (SSSR count). The summed E-state index contributed by atoms with van der Waals surface area (Å²) >= 11 is 0. The molecule has 0 bridgehead atoms. The number of hydrogen-bond donors (Lipinski definition) is 2. The molecule has 3 aromatic rings. The van der Waals surface area contributed by atoms with E-state index in [0.29, 0.717) is 40.2 Å². The smallest absolute Gasteiger partial charge is 0.251 e. The topological polar surface area (TPSA) is 103 Å². The lowest BCUT2D eigenvalue weighted by atomic mass is 10.0. The average Bonchev–Trinajstić information content (AvgIpc) is 2.87. The summed E-state index contributed by atoms with van der Waals surface area (Å²) in [7, 11) is 3.13. The summed E-state index contributed by atoms with van der Waals surface area (Å²) in [6.07, 6.45) is 3.78. The van der Waals surface area contributed by atoms with Gasteiger partial charge in [-0.05, 0) is 62.5 Å². The summed E-state index contributed by atoms with van der Waals surface area (Å²) in [5.41, 5.74) is 9.31. The van der Waals surface area contributed by atoms with E-state index in [1.165, 1.54) is 19.3 Å². The molecule has 1 fully saturated rings. The number of amides is 1. The number of rotatable bonds is 6. The van der Waals surface area contributed by atoms with E-state index in [1.54, 1.807) is 26.4 Å². The fourth-order valence-electron chi connectivity index (χ4n) is 4.21. The highest BCUT2D eigenvalue weighted by atomic mass is 16.5. The maximum absolute atomic E-state index is 12.7. The van der Waals surface area contributed by atoms with Crippen LogP contribution in [0.3, 0.4) is 0 Å². The molecule has 1 aromatic heterocycles. The Morgan fingerprint density at radius 3 is 2.54 bits per heavy atom. The zero-order chi connectivity index (χ0) is 24.8. The second-order valence-electron chi connectivity index (χ2n) is 8.59. The highest BCUT2D eigenvalue weighted by Gasteiger charge is 2.13. The predicted octanol–water partition coefficient (Wildman–Crippen LogP) is 3.15. The highest BCUT2D eigenvalue weighted by Crippen LogP contribution is 2.32. The van der Waals surface area contributed by atoms with Crippen LogP contribution >= 0.6 is 0 Å². The van der Waals surface area contributed by atoms with E-state index in [4.69, 9.17) is 15.2 Å². The third-order valence-corrected chi connectivity index (χ3v) is 6.20. The molecular weight excluding hydrogens is 442 g/mol. The predicted molar refractivity (Wildman–Crippen MR) is 137 cm³/mol. The van der Waals surface area contributed by atoms with E-state index in [2.05, 4.69) is 32.0 Å². The molecular formula is C27H31N5O3. The molecule has 0 atom stereocenters. The molecule has 1 aliphatic rings. The van der Waals surface area contributed by atoms with Gasteiger partial charge in [0.05, 0.1) is 19.7 Å². The molecule has 3 N–H and O–H groups in total. The van der Waals surface area contributed by atoms with Gasteiger partial charge >= 0.3 is 0 Å². The number of piperidine rings is 1. The molecule has 35 heavy (non-hydrogen) atoms. The van der Waals surface area contributed by atoms with Gasteiger partial charge < -0.3 is 25.4 Å². The number of carbonyl (C=O) groups is 1. The molecule has 1 aliphatic heterocycles. The van der Waals surface area contributed by atoms with Crippen molar-refractivity contribution in [2.45, 2.75) is 26.2 Å². The van der Waals surface area contributed by atoms with Crippen molar-refractivity contribution in [1.82, 2.24) is 20.2 Å². The number of ether oxygens (including phenoxy) is 2. The Balaban J connectivity index is 1.56. The van der Waals surface area contributed by atoms with Gasteiger partial charge in [-0.3, -0.25) is 4.79 Å². The Morgan fingerprint density at radius 2 is 1.80 bits per heavy atom. The minimum absolute atomic E-state index is 0.0985. The number of nitrogens with zero attached hydrogens (tertiary/aromatic N) is 3. The third kappa shape index (κ3) is 5.81. The Morgan fingerprint density at radius 1 is 1.06 bits per heavy atom. The standard InChI is InChI=1S/C27H31N5O3/c1-18-7-8-20(26(33)29-11-14-32-12-5-4-6-13-32)15-19(18)9-10-22-21-16-24(34-2)25(35-3)17-23(21)31-27(28)30-22/h7-8,15-17H,4-6,11-14H2,1-3H3,(H,29,33)(H2,28,30,31). The van der Waals surface area contributed by atoms with Crippen LogP contribution in [-0.2, 0) is 0 Å². The first-order chi connectivity index (χ1) is 17.0. The largest absolute Gasteiger partial charge is 0.493 e.